The van der Waals surface area contributed by atoms with Crippen molar-refractivity contribution in [2.45, 2.75) is 44.3 Å². The van der Waals surface area contributed by atoms with E-state index >= 15 is 0 Å². The third-order valence-corrected chi connectivity index (χ3v) is 5.21. The molecule has 140 valence electrons. The van der Waals surface area contributed by atoms with Crippen molar-refractivity contribution in [2.24, 2.45) is 0 Å². The van der Waals surface area contributed by atoms with Gasteiger partial charge in [-0.05, 0) is 43.4 Å². The molecular formula is C18H22ClN3O4. The average molecular weight is 380 g/mol. The maximum atomic E-state index is 12.8. The van der Waals surface area contributed by atoms with Crippen molar-refractivity contribution >= 4 is 29.5 Å². The number of hydrogen-bond donors (Lipinski definition) is 2. The molecule has 1 unspecified atom stereocenters. The van der Waals surface area contributed by atoms with Crippen molar-refractivity contribution in [3.63, 3.8) is 0 Å². The Morgan fingerprint density at radius 3 is 2.50 bits per heavy atom. The summed E-state index contributed by atoms with van der Waals surface area (Å²) >= 11 is 5.95. The maximum absolute atomic E-state index is 12.8. The number of carbonyl (C=O) groups excluding carboxylic acids is 2. The molecule has 0 saturated carbocycles. The van der Waals surface area contributed by atoms with Crippen molar-refractivity contribution in [1.29, 1.82) is 0 Å². The summed E-state index contributed by atoms with van der Waals surface area (Å²) in [5, 5.41) is 12.7. The van der Waals surface area contributed by atoms with Gasteiger partial charge in [-0.25, -0.2) is 4.79 Å². The fraction of sp³-hybridized carbons (Fsp3) is 0.500. The average Bonchev–Trinajstić information content (AvgIpc) is 3.28. The Morgan fingerprint density at radius 1 is 1.12 bits per heavy atom. The van der Waals surface area contributed by atoms with Crippen molar-refractivity contribution < 1.29 is 19.5 Å². The van der Waals surface area contributed by atoms with Gasteiger partial charge in [0.2, 0.25) is 11.8 Å². The highest BCUT2D eigenvalue weighted by Crippen LogP contribution is 2.25. The molecule has 0 aliphatic carbocycles. The summed E-state index contributed by atoms with van der Waals surface area (Å²) in [4.78, 5) is 39.4. The van der Waals surface area contributed by atoms with Gasteiger partial charge in [0, 0.05) is 24.7 Å². The third kappa shape index (κ3) is 3.93. The Kier molecular flexibility index (Phi) is 5.66. The molecule has 3 rings (SSSR count). The lowest BCUT2D eigenvalue weighted by atomic mass is 10.1. The summed E-state index contributed by atoms with van der Waals surface area (Å²) in [6.45, 7) is 1.19. The van der Waals surface area contributed by atoms with Gasteiger partial charge in [-0.1, -0.05) is 23.7 Å². The van der Waals surface area contributed by atoms with Gasteiger partial charge in [-0.3, -0.25) is 14.5 Å². The van der Waals surface area contributed by atoms with Crippen LogP contribution in [0.2, 0.25) is 5.02 Å². The highest BCUT2D eigenvalue weighted by molar-refractivity contribution is 6.30. The zero-order valence-corrected chi connectivity index (χ0v) is 15.1. The number of likely N-dealkylation sites (tertiary alicyclic amines) is 2. The lowest BCUT2D eigenvalue weighted by molar-refractivity contribution is -0.141. The monoisotopic (exact) mass is 379 g/mol. The van der Waals surface area contributed by atoms with E-state index in [2.05, 4.69) is 5.32 Å². The van der Waals surface area contributed by atoms with E-state index in [9.17, 15) is 19.5 Å². The Morgan fingerprint density at radius 2 is 1.81 bits per heavy atom. The van der Waals surface area contributed by atoms with E-state index in [4.69, 9.17) is 11.6 Å². The smallest absolute Gasteiger partial charge is 0.407 e. The van der Waals surface area contributed by atoms with Crippen molar-refractivity contribution in [3.8, 4) is 0 Å². The normalized spacial score (nSPS) is 22.5. The van der Waals surface area contributed by atoms with Crippen LogP contribution < -0.4 is 5.32 Å². The van der Waals surface area contributed by atoms with E-state index in [0.29, 0.717) is 43.9 Å². The molecule has 2 aliphatic heterocycles. The summed E-state index contributed by atoms with van der Waals surface area (Å²) in [6, 6.07) is 6.01. The fourth-order valence-corrected chi connectivity index (χ4v) is 3.91. The van der Waals surface area contributed by atoms with Crippen LogP contribution in [0.25, 0.3) is 0 Å². The van der Waals surface area contributed by atoms with Crippen LogP contribution in [-0.2, 0) is 16.1 Å². The molecule has 2 heterocycles. The number of rotatable bonds is 4. The lowest BCUT2D eigenvalue weighted by Crippen LogP contribution is -2.52. The number of carboxylic acid groups (broad SMARTS) is 1. The van der Waals surface area contributed by atoms with Crippen LogP contribution in [0.3, 0.4) is 0 Å². The van der Waals surface area contributed by atoms with Gasteiger partial charge in [-0.15, -0.1) is 0 Å². The molecule has 1 aromatic carbocycles. The first-order valence-electron chi connectivity index (χ1n) is 8.79. The van der Waals surface area contributed by atoms with E-state index in [1.807, 2.05) is 12.1 Å². The predicted octanol–water partition coefficient (Wildman–Crippen LogP) is 2.09. The zero-order valence-electron chi connectivity index (χ0n) is 14.4. The van der Waals surface area contributed by atoms with Gasteiger partial charge in [0.1, 0.15) is 12.1 Å². The van der Waals surface area contributed by atoms with Gasteiger partial charge in [0.25, 0.3) is 0 Å². The number of nitrogens with one attached hydrogen (secondary N) is 1. The minimum Gasteiger partial charge on any atom is -0.465 e. The summed E-state index contributed by atoms with van der Waals surface area (Å²) in [6.07, 6.45) is 1.43. The molecule has 0 radical (unpaired) electrons. The van der Waals surface area contributed by atoms with Crippen LogP contribution in [0.1, 0.15) is 31.2 Å². The highest BCUT2D eigenvalue weighted by Gasteiger charge is 2.42. The minimum absolute atomic E-state index is 0.212. The number of halogens is 1. The van der Waals surface area contributed by atoms with Crippen LogP contribution in [0.15, 0.2) is 24.3 Å². The van der Waals surface area contributed by atoms with Gasteiger partial charge in [0.05, 0.1) is 0 Å². The van der Waals surface area contributed by atoms with Crippen LogP contribution in [-0.4, -0.2) is 58.0 Å². The molecule has 0 spiro atoms. The van der Waals surface area contributed by atoms with Crippen LogP contribution in [0.4, 0.5) is 4.79 Å². The molecule has 2 fully saturated rings. The van der Waals surface area contributed by atoms with Crippen molar-refractivity contribution in [2.75, 3.05) is 13.1 Å². The van der Waals surface area contributed by atoms with E-state index in [-0.39, 0.29) is 11.8 Å². The largest absolute Gasteiger partial charge is 0.465 e. The summed E-state index contributed by atoms with van der Waals surface area (Å²) in [5.41, 5.74) is 0.884. The second-order valence-electron chi connectivity index (χ2n) is 6.67. The van der Waals surface area contributed by atoms with Crippen LogP contribution in [0, 0.1) is 0 Å². The molecule has 2 N–H and O–H groups in total. The number of carbonyl (C=O) groups is 3. The highest BCUT2D eigenvalue weighted by atomic mass is 35.5. The van der Waals surface area contributed by atoms with Gasteiger partial charge < -0.3 is 15.3 Å². The Balaban J connectivity index is 1.62. The van der Waals surface area contributed by atoms with E-state index in [0.717, 1.165) is 12.0 Å². The van der Waals surface area contributed by atoms with Gasteiger partial charge >= 0.3 is 6.09 Å². The standard InChI is InChI=1S/C18H22ClN3O4/c19-13-5-1-4-12(10-13)11-20-16(23)14-6-2-8-21(14)17(24)15-7-3-9-22(15)18(25)26/h1,4-5,10,14-15H,2-3,6-9,11H2,(H,20,23)(H,25,26)/t14-,15?/m0/s1. The first-order chi connectivity index (χ1) is 12.5. The molecule has 1 aromatic rings. The molecular weight excluding hydrogens is 358 g/mol. The summed E-state index contributed by atoms with van der Waals surface area (Å²) in [5.74, 6) is -0.471. The topological polar surface area (TPSA) is 90.0 Å². The quantitative estimate of drug-likeness (QED) is 0.838. The Hall–Kier alpha value is -2.28. The van der Waals surface area contributed by atoms with Crippen molar-refractivity contribution in [3.05, 3.63) is 34.9 Å². The predicted molar refractivity (Wildman–Crippen MR) is 95.8 cm³/mol. The van der Waals surface area contributed by atoms with E-state index in [1.54, 1.807) is 17.0 Å². The second kappa shape index (κ2) is 7.95. The number of benzene rings is 1. The first-order valence-corrected chi connectivity index (χ1v) is 9.17. The Bertz CT molecular complexity index is 711. The second-order valence-corrected chi connectivity index (χ2v) is 7.11. The van der Waals surface area contributed by atoms with Crippen LogP contribution >= 0.6 is 11.6 Å². The van der Waals surface area contributed by atoms with Crippen molar-refractivity contribution in [1.82, 2.24) is 15.1 Å². The third-order valence-electron chi connectivity index (χ3n) is 4.98. The lowest BCUT2D eigenvalue weighted by Gasteiger charge is -2.29. The summed E-state index contributed by atoms with van der Waals surface area (Å²) in [7, 11) is 0. The molecule has 2 aliphatic rings. The molecule has 0 aromatic heterocycles. The van der Waals surface area contributed by atoms with E-state index in [1.165, 1.54) is 4.90 Å². The number of hydrogen-bond acceptors (Lipinski definition) is 3. The summed E-state index contributed by atoms with van der Waals surface area (Å²) < 4.78 is 0. The molecule has 8 heteroatoms. The van der Waals surface area contributed by atoms with Crippen LogP contribution in [0.5, 0.6) is 0 Å². The number of amides is 3. The molecule has 7 nitrogen and oxygen atoms in total. The first kappa shape index (κ1) is 18.5. The molecule has 3 amide bonds. The van der Waals surface area contributed by atoms with Gasteiger partial charge in [-0.2, -0.15) is 0 Å². The minimum atomic E-state index is -1.08. The number of nitrogens with zero attached hydrogens (tertiary/aromatic N) is 2. The molecule has 2 saturated heterocycles. The SMILES string of the molecule is O=C(NCc1cccc(Cl)c1)[C@@H]1CCCN1C(=O)C1CCCN1C(=O)O. The molecule has 26 heavy (non-hydrogen) atoms. The molecule has 0 bridgehead atoms. The maximum Gasteiger partial charge on any atom is 0.407 e. The van der Waals surface area contributed by atoms with E-state index < -0.39 is 18.2 Å². The van der Waals surface area contributed by atoms with Gasteiger partial charge in [0.15, 0.2) is 0 Å². The Labute approximate surface area is 156 Å². The zero-order chi connectivity index (χ0) is 18.7. The fourth-order valence-electron chi connectivity index (χ4n) is 3.70. The molecule has 2 atom stereocenters.